The number of hydrogen-bond donors (Lipinski definition) is 2. The minimum absolute atomic E-state index is 0.0468. The molecule has 2 atom stereocenters. The van der Waals surface area contributed by atoms with Gasteiger partial charge in [-0.05, 0) is 18.0 Å². The lowest BCUT2D eigenvalue weighted by molar-refractivity contribution is 0.0132. The van der Waals surface area contributed by atoms with E-state index in [2.05, 4.69) is 10.0 Å². The van der Waals surface area contributed by atoms with Gasteiger partial charge in [-0.1, -0.05) is 5.11 Å². The fraction of sp³-hybridized carbons (Fsp3) is 0.455. The van der Waals surface area contributed by atoms with E-state index in [0.717, 1.165) is 6.07 Å². The SMILES string of the molecule is COc1c(F)cc(F)cc1C(O)C(O)CCN=[N+]=[N-]. The predicted molar refractivity (Wildman–Crippen MR) is 62.5 cm³/mol. The molecule has 0 fully saturated rings. The van der Waals surface area contributed by atoms with Gasteiger partial charge in [-0.3, -0.25) is 0 Å². The van der Waals surface area contributed by atoms with Crippen LogP contribution in [0, 0.1) is 11.6 Å². The van der Waals surface area contributed by atoms with Gasteiger partial charge >= 0.3 is 0 Å². The van der Waals surface area contributed by atoms with Crippen LogP contribution < -0.4 is 4.74 Å². The standard InChI is InChI=1S/C11H13F2N3O3/c1-19-11-7(4-6(12)5-8(11)13)10(18)9(17)2-3-15-16-14/h4-5,9-10,17-18H,2-3H2,1H3. The molecule has 8 heteroatoms. The summed E-state index contributed by atoms with van der Waals surface area (Å²) in [6.07, 6.45) is -2.93. The van der Waals surface area contributed by atoms with Gasteiger partial charge in [0.05, 0.1) is 13.2 Å². The van der Waals surface area contributed by atoms with Gasteiger partial charge in [0.25, 0.3) is 0 Å². The summed E-state index contributed by atoms with van der Waals surface area (Å²) < 4.78 is 31.3. The number of ether oxygens (including phenoxy) is 1. The minimum Gasteiger partial charge on any atom is -0.493 e. The average molecular weight is 273 g/mol. The monoisotopic (exact) mass is 273 g/mol. The molecule has 0 spiro atoms. The lowest BCUT2D eigenvalue weighted by Gasteiger charge is -2.20. The molecule has 6 nitrogen and oxygen atoms in total. The van der Waals surface area contributed by atoms with E-state index < -0.39 is 23.8 Å². The van der Waals surface area contributed by atoms with Crippen molar-refractivity contribution in [1.29, 1.82) is 0 Å². The van der Waals surface area contributed by atoms with Gasteiger partial charge in [-0.15, -0.1) is 0 Å². The van der Waals surface area contributed by atoms with Crippen molar-refractivity contribution in [2.24, 2.45) is 5.11 Å². The van der Waals surface area contributed by atoms with Crippen LogP contribution in [0.3, 0.4) is 0 Å². The second kappa shape index (κ2) is 6.89. The Labute approximate surface area is 107 Å². The maximum Gasteiger partial charge on any atom is 0.168 e. The number of halogens is 2. The zero-order valence-electron chi connectivity index (χ0n) is 10.1. The molecular formula is C11H13F2N3O3. The molecule has 19 heavy (non-hydrogen) atoms. The summed E-state index contributed by atoms with van der Waals surface area (Å²) in [4.78, 5) is 2.49. The molecule has 0 aliphatic heterocycles. The fourth-order valence-corrected chi connectivity index (χ4v) is 1.62. The van der Waals surface area contributed by atoms with Crippen LogP contribution in [0.15, 0.2) is 17.2 Å². The fourth-order valence-electron chi connectivity index (χ4n) is 1.62. The average Bonchev–Trinajstić information content (AvgIpc) is 2.37. The largest absolute Gasteiger partial charge is 0.493 e. The van der Waals surface area contributed by atoms with Crippen LogP contribution in [0.4, 0.5) is 8.78 Å². The molecule has 1 rings (SSSR count). The van der Waals surface area contributed by atoms with Gasteiger partial charge in [-0.2, -0.15) is 0 Å². The Balaban J connectivity index is 2.97. The van der Waals surface area contributed by atoms with Gasteiger partial charge in [0.2, 0.25) is 0 Å². The molecule has 2 unspecified atom stereocenters. The van der Waals surface area contributed by atoms with E-state index in [9.17, 15) is 19.0 Å². The summed E-state index contributed by atoms with van der Waals surface area (Å²) in [5, 5.41) is 22.7. The van der Waals surface area contributed by atoms with E-state index in [1.165, 1.54) is 7.11 Å². The van der Waals surface area contributed by atoms with Gasteiger partial charge < -0.3 is 14.9 Å². The molecule has 1 aromatic rings. The molecule has 0 heterocycles. The van der Waals surface area contributed by atoms with E-state index in [1.807, 2.05) is 0 Å². The first-order valence-corrected chi connectivity index (χ1v) is 5.41. The number of aliphatic hydroxyl groups excluding tert-OH is 2. The van der Waals surface area contributed by atoms with Crippen molar-refractivity contribution in [3.05, 3.63) is 39.8 Å². The van der Waals surface area contributed by atoms with Gasteiger partial charge in [0.15, 0.2) is 11.6 Å². The van der Waals surface area contributed by atoms with Crippen molar-refractivity contribution in [3.8, 4) is 5.75 Å². The Hall–Kier alpha value is -1.89. The van der Waals surface area contributed by atoms with Crippen molar-refractivity contribution < 1.29 is 23.7 Å². The topological polar surface area (TPSA) is 98.5 Å². The third kappa shape index (κ3) is 3.78. The van der Waals surface area contributed by atoms with Gasteiger partial charge in [0, 0.05) is 23.1 Å². The normalized spacial score (nSPS) is 13.5. The quantitative estimate of drug-likeness (QED) is 0.471. The van der Waals surface area contributed by atoms with Crippen LogP contribution in [0.1, 0.15) is 18.1 Å². The molecule has 0 bridgehead atoms. The molecule has 104 valence electrons. The molecule has 0 aliphatic carbocycles. The van der Waals surface area contributed by atoms with E-state index >= 15 is 0 Å². The first-order valence-electron chi connectivity index (χ1n) is 5.41. The third-order valence-electron chi connectivity index (χ3n) is 2.51. The highest BCUT2D eigenvalue weighted by Crippen LogP contribution is 2.31. The summed E-state index contributed by atoms with van der Waals surface area (Å²) >= 11 is 0. The lowest BCUT2D eigenvalue weighted by atomic mass is 10.0. The minimum atomic E-state index is -1.55. The molecule has 0 aromatic heterocycles. The third-order valence-corrected chi connectivity index (χ3v) is 2.51. The second-order valence-corrected chi connectivity index (χ2v) is 3.77. The summed E-state index contributed by atoms with van der Waals surface area (Å²) in [6.45, 7) is -0.0468. The van der Waals surface area contributed by atoms with E-state index in [4.69, 9.17) is 10.3 Å². The number of nitrogens with zero attached hydrogens (tertiary/aromatic N) is 3. The number of hydrogen-bond acceptors (Lipinski definition) is 4. The molecule has 0 amide bonds. The summed E-state index contributed by atoms with van der Waals surface area (Å²) in [7, 11) is 1.17. The Morgan fingerprint density at radius 3 is 2.68 bits per heavy atom. The Bertz CT molecular complexity index is 492. The van der Waals surface area contributed by atoms with Crippen LogP contribution in [0.25, 0.3) is 10.4 Å². The number of aliphatic hydroxyl groups is 2. The van der Waals surface area contributed by atoms with Crippen LogP contribution in [0.5, 0.6) is 5.75 Å². The van der Waals surface area contributed by atoms with Crippen molar-refractivity contribution in [3.63, 3.8) is 0 Å². The molecule has 0 aliphatic rings. The number of benzene rings is 1. The summed E-state index contributed by atoms with van der Waals surface area (Å²) in [5.41, 5.74) is 7.88. The molecule has 0 saturated carbocycles. The summed E-state index contributed by atoms with van der Waals surface area (Å²) in [6, 6.07) is 1.49. The van der Waals surface area contributed by atoms with Crippen LogP contribution in [-0.4, -0.2) is 30.0 Å². The van der Waals surface area contributed by atoms with Crippen molar-refractivity contribution >= 4 is 0 Å². The highest BCUT2D eigenvalue weighted by Gasteiger charge is 2.24. The second-order valence-electron chi connectivity index (χ2n) is 3.77. The Kier molecular flexibility index (Phi) is 5.50. The van der Waals surface area contributed by atoms with E-state index in [1.54, 1.807) is 0 Å². The maximum atomic E-state index is 13.4. The lowest BCUT2D eigenvalue weighted by Crippen LogP contribution is -2.20. The molecule has 0 saturated heterocycles. The van der Waals surface area contributed by atoms with E-state index in [-0.39, 0.29) is 24.3 Å². The highest BCUT2D eigenvalue weighted by atomic mass is 19.1. The van der Waals surface area contributed by atoms with Gasteiger partial charge in [-0.25, -0.2) is 8.78 Å². The number of rotatable bonds is 6. The zero-order valence-corrected chi connectivity index (χ0v) is 10.1. The van der Waals surface area contributed by atoms with Crippen LogP contribution in [-0.2, 0) is 0 Å². The van der Waals surface area contributed by atoms with Crippen molar-refractivity contribution in [2.75, 3.05) is 13.7 Å². The smallest absolute Gasteiger partial charge is 0.168 e. The maximum absolute atomic E-state index is 13.4. The summed E-state index contributed by atoms with van der Waals surface area (Å²) in [5.74, 6) is -2.20. The highest BCUT2D eigenvalue weighted by molar-refractivity contribution is 5.37. The van der Waals surface area contributed by atoms with Crippen molar-refractivity contribution in [1.82, 2.24) is 0 Å². The molecule has 1 aromatic carbocycles. The van der Waals surface area contributed by atoms with Crippen LogP contribution >= 0.6 is 0 Å². The zero-order chi connectivity index (χ0) is 14.4. The molecule has 2 N–H and O–H groups in total. The molecule has 0 radical (unpaired) electrons. The first kappa shape index (κ1) is 15.2. The number of methoxy groups -OCH3 is 1. The van der Waals surface area contributed by atoms with E-state index in [0.29, 0.717) is 6.07 Å². The van der Waals surface area contributed by atoms with Crippen molar-refractivity contribution in [2.45, 2.75) is 18.6 Å². The molecular weight excluding hydrogens is 260 g/mol. The Morgan fingerprint density at radius 1 is 1.42 bits per heavy atom. The van der Waals surface area contributed by atoms with Crippen LogP contribution in [0.2, 0.25) is 0 Å². The first-order chi connectivity index (χ1) is 9.01. The Morgan fingerprint density at radius 2 is 2.11 bits per heavy atom. The van der Waals surface area contributed by atoms with Gasteiger partial charge in [0.1, 0.15) is 11.9 Å². The number of azide groups is 1. The predicted octanol–water partition coefficient (Wildman–Crippen LogP) is 2.07.